The summed E-state index contributed by atoms with van der Waals surface area (Å²) >= 11 is 3.06. The van der Waals surface area contributed by atoms with Crippen molar-refractivity contribution >= 4 is 34.1 Å². The van der Waals surface area contributed by atoms with E-state index in [4.69, 9.17) is 0 Å². The Balaban J connectivity index is 1.35. The number of nitrogens with zero attached hydrogens (tertiary/aromatic N) is 3. The number of aromatic amines is 1. The van der Waals surface area contributed by atoms with Crippen molar-refractivity contribution < 1.29 is 4.79 Å². The number of thioether (sulfide) groups is 1. The van der Waals surface area contributed by atoms with Gasteiger partial charge >= 0.3 is 0 Å². The molecule has 122 valence electrons. The van der Waals surface area contributed by atoms with E-state index in [0.717, 1.165) is 22.2 Å². The van der Waals surface area contributed by atoms with E-state index in [2.05, 4.69) is 25.5 Å². The highest BCUT2D eigenvalue weighted by Gasteiger charge is 2.26. The van der Waals surface area contributed by atoms with Crippen LogP contribution in [0.2, 0.25) is 0 Å². The molecule has 24 heavy (non-hydrogen) atoms. The Bertz CT molecular complexity index is 825. The number of benzene rings is 1. The Morgan fingerprint density at radius 1 is 1.33 bits per heavy atom. The van der Waals surface area contributed by atoms with Gasteiger partial charge in [0.25, 0.3) is 5.91 Å². The van der Waals surface area contributed by atoms with Gasteiger partial charge in [-0.15, -0.1) is 11.3 Å². The van der Waals surface area contributed by atoms with Gasteiger partial charge < -0.3 is 0 Å². The smallest absolute Gasteiger partial charge is 0.257 e. The van der Waals surface area contributed by atoms with E-state index in [0.29, 0.717) is 16.6 Å². The van der Waals surface area contributed by atoms with Crippen molar-refractivity contribution in [3.05, 3.63) is 52.8 Å². The van der Waals surface area contributed by atoms with Crippen LogP contribution in [0.4, 0.5) is 5.13 Å². The molecule has 8 heteroatoms. The third kappa shape index (κ3) is 3.65. The molecule has 6 nitrogen and oxygen atoms in total. The zero-order valence-electron chi connectivity index (χ0n) is 12.7. The molecule has 2 heterocycles. The van der Waals surface area contributed by atoms with Crippen LogP contribution < -0.4 is 5.32 Å². The van der Waals surface area contributed by atoms with Crippen molar-refractivity contribution in [2.45, 2.75) is 29.7 Å². The standard InChI is InChI=1S/C16H15N5OS2/c22-14(20-16-19-13(8-24-16)11-5-6-11)12-3-1-10(2-4-12)7-23-15-17-9-18-21-15/h1-4,8-9,11H,5-7H2,(H,17,18,21)(H,19,20,22). The van der Waals surface area contributed by atoms with Crippen molar-refractivity contribution in [3.8, 4) is 0 Å². The summed E-state index contributed by atoms with van der Waals surface area (Å²) in [5.74, 6) is 1.25. The van der Waals surface area contributed by atoms with Crippen molar-refractivity contribution in [2.24, 2.45) is 0 Å². The van der Waals surface area contributed by atoms with Gasteiger partial charge in [-0.25, -0.2) is 9.97 Å². The highest BCUT2D eigenvalue weighted by atomic mass is 32.2. The molecule has 0 spiro atoms. The SMILES string of the molecule is O=C(Nc1nc(C2CC2)cs1)c1ccc(CSc2ncn[nH]2)cc1. The number of hydrogen-bond donors (Lipinski definition) is 2. The molecule has 0 bridgehead atoms. The van der Waals surface area contributed by atoms with Crippen molar-refractivity contribution in [3.63, 3.8) is 0 Å². The molecule has 1 amide bonds. The normalized spacial score (nSPS) is 13.8. The van der Waals surface area contributed by atoms with Crippen LogP contribution in [0, 0.1) is 0 Å². The number of rotatable bonds is 6. The molecule has 4 rings (SSSR count). The first-order chi connectivity index (χ1) is 11.8. The van der Waals surface area contributed by atoms with E-state index in [9.17, 15) is 4.79 Å². The van der Waals surface area contributed by atoms with Crippen LogP contribution in [-0.2, 0) is 5.75 Å². The number of thiazole rings is 1. The van der Waals surface area contributed by atoms with Crippen LogP contribution in [0.5, 0.6) is 0 Å². The van der Waals surface area contributed by atoms with Crippen LogP contribution in [-0.4, -0.2) is 26.1 Å². The largest absolute Gasteiger partial charge is 0.298 e. The molecule has 1 aliphatic rings. The fourth-order valence-corrected chi connectivity index (χ4v) is 3.77. The summed E-state index contributed by atoms with van der Waals surface area (Å²) in [5, 5.41) is 13.0. The number of H-pyrrole nitrogens is 1. The number of anilines is 1. The molecule has 1 aromatic carbocycles. The molecule has 0 unspecified atom stereocenters. The first-order valence-electron chi connectivity index (χ1n) is 7.62. The zero-order valence-corrected chi connectivity index (χ0v) is 14.4. The zero-order chi connectivity index (χ0) is 16.4. The molecule has 3 aromatic rings. The number of carbonyl (C=O) groups is 1. The minimum atomic E-state index is -0.124. The first-order valence-corrected chi connectivity index (χ1v) is 9.48. The molecule has 0 radical (unpaired) electrons. The van der Waals surface area contributed by atoms with Crippen LogP contribution in [0.25, 0.3) is 0 Å². The quantitative estimate of drug-likeness (QED) is 0.658. The van der Waals surface area contributed by atoms with Crippen molar-refractivity contribution in [1.29, 1.82) is 0 Å². The van der Waals surface area contributed by atoms with Crippen LogP contribution >= 0.6 is 23.1 Å². The molecule has 1 saturated carbocycles. The number of carbonyl (C=O) groups excluding carboxylic acids is 1. The minimum Gasteiger partial charge on any atom is -0.298 e. The number of aromatic nitrogens is 4. The van der Waals surface area contributed by atoms with Gasteiger partial charge in [-0.2, -0.15) is 5.10 Å². The van der Waals surface area contributed by atoms with Gasteiger partial charge in [-0.05, 0) is 30.5 Å². The Hall–Kier alpha value is -2.19. The average molecular weight is 357 g/mol. The van der Waals surface area contributed by atoms with Crippen molar-refractivity contribution in [1.82, 2.24) is 20.2 Å². The van der Waals surface area contributed by atoms with Crippen LogP contribution in [0.15, 0.2) is 41.1 Å². The second-order valence-corrected chi connectivity index (χ2v) is 7.40. The second-order valence-electron chi connectivity index (χ2n) is 5.58. The van der Waals surface area contributed by atoms with Crippen LogP contribution in [0.3, 0.4) is 0 Å². The number of hydrogen-bond acceptors (Lipinski definition) is 6. The maximum absolute atomic E-state index is 12.3. The average Bonchev–Trinajstić information content (AvgIpc) is 3.13. The van der Waals surface area contributed by atoms with Gasteiger partial charge in [0.15, 0.2) is 10.3 Å². The summed E-state index contributed by atoms with van der Waals surface area (Å²) in [6.45, 7) is 0. The molecule has 0 aliphatic heterocycles. The predicted octanol–water partition coefficient (Wildman–Crippen LogP) is 3.68. The van der Waals surface area contributed by atoms with Gasteiger partial charge in [0.05, 0.1) is 5.69 Å². The molecule has 1 fully saturated rings. The fraction of sp³-hybridized carbons (Fsp3) is 0.250. The molecule has 1 aliphatic carbocycles. The summed E-state index contributed by atoms with van der Waals surface area (Å²) in [6, 6.07) is 7.58. The van der Waals surface area contributed by atoms with Gasteiger partial charge in [0.1, 0.15) is 6.33 Å². The molecular weight excluding hydrogens is 342 g/mol. The summed E-state index contributed by atoms with van der Waals surface area (Å²) in [4.78, 5) is 20.8. The van der Waals surface area contributed by atoms with Gasteiger partial charge in [-0.3, -0.25) is 15.2 Å². The Morgan fingerprint density at radius 2 is 2.17 bits per heavy atom. The lowest BCUT2D eigenvalue weighted by atomic mass is 10.1. The third-order valence-corrected chi connectivity index (χ3v) is 5.45. The summed E-state index contributed by atoms with van der Waals surface area (Å²) < 4.78 is 0. The molecule has 0 saturated heterocycles. The van der Waals surface area contributed by atoms with Crippen LogP contribution in [0.1, 0.15) is 40.4 Å². The predicted molar refractivity (Wildman–Crippen MR) is 94.4 cm³/mol. The van der Waals surface area contributed by atoms with Gasteiger partial charge in [0.2, 0.25) is 0 Å². The van der Waals surface area contributed by atoms with Crippen molar-refractivity contribution in [2.75, 3.05) is 5.32 Å². The molecular formula is C16H15N5OS2. The minimum absolute atomic E-state index is 0.124. The van der Waals surface area contributed by atoms with E-state index in [1.165, 1.54) is 30.5 Å². The Morgan fingerprint density at radius 3 is 2.88 bits per heavy atom. The lowest BCUT2D eigenvalue weighted by Gasteiger charge is -2.04. The lowest BCUT2D eigenvalue weighted by molar-refractivity contribution is 0.102. The topological polar surface area (TPSA) is 83.6 Å². The maximum atomic E-state index is 12.3. The second kappa shape index (κ2) is 6.74. The van der Waals surface area contributed by atoms with E-state index in [-0.39, 0.29) is 5.91 Å². The maximum Gasteiger partial charge on any atom is 0.257 e. The van der Waals surface area contributed by atoms with E-state index in [1.54, 1.807) is 11.8 Å². The Labute approximate surface area is 147 Å². The van der Waals surface area contributed by atoms with E-state index < -0.39 is 0 Å². The summed E-state index contributed by atoms with van der Waals surface area (Å²) in [7, 11) is 0. The van der Waals surface area contributed by atoms with Gasteiger partial charge in [-0.1, -0.05) is 23.9 Å². The molecule has 0 atom stereocenters. The number of nitrogens with one attached hydrogen (secondary N) is 2. The monoisotopic (exact) mass is 357 g/mol. The summed E-state index contributed by atoms with van der Waals surface area (Å²) in [6.07, 6.45) is 3.92. The summed E-state index contributed by atoms with van der Waals surface area (Å²) in [5.41, 5.74) is 2.86. The molecule has 2 aromatic heterocycles. The lowest BCUT2D eigenvalue weighted by Crippen LogP contribution is -2.11. The van der Waals surface area contributed by atoms with Gasteiger partial charge in [0, 0.05) is 22.6 Å². The molecule has 2 N–H and O–H groups in total. The fourth-order valence-electron chi connectivity index (χ4n) is 2.25. The third-order valence-electron chi connectivity index (χ3n) is 3.72. The van der Waals surface area contributed by atoms with E-state index >= 15 is 0 Å². The Kier molecular flexibility index (Phi) is 4.31. The van der Waals surface area contributed by atoms with E-state index in [1.807, 2.05) is 29.6 Å². The number of amides is 1. The highest BCUT2D eigenvalue weighted by Crippen LogP contribution is 2.40. The highest BCUT2D eigenvalue weighted by molar-refractivity contribution is 7.98. The first kappa shape index (κ1) is 15.3.